The van der Waals surface area contributed by atoms with Gasteiger partial charge < -0.3 is 10.4 Å². The van der Waals surface area contributed by atoms with Gasteiger partial charge in [0, 0.05) is 38.3 Å². The highest BCUT2D eigenvalue weighted by Gasteiger charge is 2.31. The van der Waals surface area contributed by atoms with Gasteiger partial charge in [0.1, 0.15) is 5.75 Å². The molecule has 1 heterocycles. The van der Waals surface area contributed by atoms with Gasteiger partial charge in [0.2, 0.25) is 0 Å². The zero-order valence-corrected chi connectivity index (χ0v) is 9.80. The summed E-state index contributed by atoms with van der Waals surface area (Å²) >= 11 is 0. The first-order valence-electron chi connectivity index (χ1n) is 5.79. The van der Waals surface area contributed by atoms with Gasteiger partial charge in [0.05, 0.1) is 5.56 Å². The molecule has 100 valence electrons. The van der Waals surface area contributed by atoms with Crippen molar-refractivity contribution in [1.82, 2.24) is 10.2 Å². The quantitative estimate of drug-likeness (QED) is 0.851. The minimum Gasteiger partial charge on any atom is -0.508 e. The molecule has 2 N–H and O–H groups in total. The highest BCUT2D eigenvalue weighted by Crippen LogP contribution is 2.32. The number of nitrogens with one attached hydrogen (secondary N) is 1. The van der Waals surface area contributed by atoms with Crippen molar-refractivity contribution < 1.29 is 18.3 Å². The van der Waals surface area contributed by atoms with Crippen LogP contribution in [0.3, 0.4) is 0 Å². The smallest absolute Gasteiger partial charge is 0.416 e. The monoisotopic (exact) mass is 260 g/mol. The molecule has 0 bridgehead atoms. The standard InChI is InChI=1S/C12H15F3N2O/c13-12(14,15)10-1-2-11(18)9(7-10)8-17-5-3-16-4-6-17/h1-2,7,16,18H,3-6,8H2. The summed E-state index contributed by atoms with van der Waals surface area (Å²) in [6.07, 6.45) is -4.37. The Morgan fingerprint density at radius 2 is 1.89 bits per heavy atom. The summed E-state index contributed by atoms with van der Waals surface area (Å²) in [5.74, 6) is -0.0819. The molecule has 1 aromatic carbocycles. The maximum atomic E-state index is 12.6. The summed E-state index contributed by atoms with van der Waals surface area (Å²) in [6, 6.07) is 3.04. The van der Waals surface area contributed by atoms with Crippen LogP contribution in [0.4, 0.5) is 13.2 Å². The third-order valence-corrected chi connectivity index (χ3v) is 3.01. The van der Waals surface area contributed by atoms with E-state index in [1.807, 2.05) is 4.90 Å². The maximum Gasteiger partial charge on any atom is 0.416 e. The Bertz CT molecular complexity index is 414. The molecule has 18 heavy (non-hydrogen) atoms. The normalized spacial score (nSPS) is 17.9. The van der Waals surface area contributed by atoms with Gasteiger partial charge in [0.25, 0.3) is 0 Å². The van der Waals surface area contributed by atoms with Crippen LogP contribution in [0.1, 0.15) is 11.1 Å². The van der Waals surface area contributed by atoms with Crippen LogP contribution < -0.4 is 5.32 Å². The third-order valence-electron chi connectivity index (χ3n) is 3.01. The van der Waals surface area contributed by atoms with Gasteiger partial charge in [-0.25, -0.2) is 0 Å². The number of nitrogens with zero attached hydrogens (tertiary/aromatic N) is 1. The number of halogens is 3. The van der Waals surface area contributed by atoms with E-state index < -0.39 is 11.7 Å². The van der Waals surface area contributed by atoms with Gasteiger partial charge >= 0.3 is 6.18 Å². The van der Waals surface area contributed by atoms with Gasteiger partial charge in [-0.2, -0.15) is 13.2 Å². The molecule has 0 aliphatic carbocycles. The second-order valence-electron chi connectivity index (χ2n) is 4.37. The van der Waals surface area contributed by atoms with Crippen molar-refractivity contribution in [3.8, 4) is 5.75 Å². The maximum absolute atomic E-state index is 12.6. The Hall–Kier alpha value is -1.27. The van der Waals surface area contributed by atoms with E-state index in [1.54, 1.807) is 0 Å². The molecule has 1 aromatic rings. The molecular weight excluding hydrogens is 245 g/mol. The predicted molar refractivity (Wildman–Crippen MR) is 61.3 cm³/mol. The van der Waals surface area contributed by atoms with Crippen molar-refractivity contribution in [2.24, 2.45) is 0 Å². The summed E-state index contributed by atoms with van der Waals surface area (Å²) in [6.45, 7) is 3.53. The summed E-state index contributed by atoms with van der Waals surface area (Å²) in [4.78, 5) is 2.02. The average Bonchev–Trinajstić information content (AvgIpc) is 2.32. The largest absolute Gasteiger partial charge is 0.508 e. The summed E-state index contributed by atoms with van der Waals surface area (Å²) in [5.41, 5.74) is -0.392. The van der Waals surface area contributed by atoms with E-state index in [4.69, 9.17) is 0 Å². The lowest BCUT2D eigenvalue weighted by Gasteiger charge is -2.27. The van der Waals surface area contributed by atoms with E-state index in [0.717, 1.165) is 44.4 Å². The van der Waals surface area contributed by atoms with E-state index in [9.17, 15) is 18.3 Å². The number of phenolic OH excluding ortho intramolecular Hbond substituents is 1. The summed E-state index contributed by atoms with van der Waals surface area (Å²) in [5, 5.41) is 12.8. The fraction of sp³-hybridized carbons (Fsp3) is 0.500. The Kier molecular flexibility index (Phi) is 3.77. The molecule has 3 nitrogen and oxygen atoms in total. The van der Waals surface area contributed by atoms with Crippen molar-refractivity contribution in [3.05, 3.63) is 29.3 Å². The fourth-order valence-electron chi connectivity index (χ4n) is 2.00. The van der Waals surface area contributed by atoms with Crippen molar-refractivity contribution in [2.75, 3.05) is 26.2 Å². The molecule has 0 saturated carbocycles. The molecule has 0 amide bonds. The molecule has 6 heteroatoms. The second-order valence-corrected chi connectivity index (χ2v) is 4.37. The van der Waals surface area contributed by atoms with Crippen LogP contribution in [0, 0.1) is 0 Å². The number of rotatable bonds is 2. The van der Waals surface area contributed by atoms with E-state index >= 15 is 0 Å². The van der Waals surface area contributed by atoms with Crippen LogP contribution in [-0.2, 0) is 12.7 Å². The van der Waals surface area contributed by atoms with Crippen molar-refractivity contribution in [1.29, 1.82) is 0 Å². The molecule has 0 radical (unpaired) electrons. The summed E-state index contributed by atoms with van der Waals surface area (Å²) in [7, 11) is 0. The molecule has 0 spiro atoms. The third kappa shape index (κ3) is 3.14. The average molecular weight is 260 g/mol. The zero-order chi connectivity index (χ0) is 13.2. The van der Waals surface area contributed by atoms with Gasteiger partial charge in [-0.3, -0.25) is 4.90 Å². The fourth-order valence-corrected chi connectivity index (χ4v) is 2.00. The Morgan fingerprint density at radius 3 is 2.50 bits per heavy atom. The van der Waals surface area contributed by atoms with Gasteiger partial charge in [-0.1, -0.05) is 0 Å². The van der Waals surface area contributed by atoms with Crippen molar-refractivity contribution in [2.45, 2.75) is 12.7 Å². The first-order valence-corrected chi connectivity index (χ1v) is 5.79. The van der Waals surface area contributed by atoms with E-state index in [0.29, 0.717) is 12.1 Å². The molecule has 1 aliphatic rings. The molecule has 0 aromatic heterocycles. The minimum atomic E-state index is -4.37. The van der Waals surface area contributed by atoms with Gasteiger partial charge in [-0.15, -0.1) is 0 Å². The SMILES string of the molecule is Oc1ccc(C(F)(F)F)cc1CN1CCNCC1. The molecule has 1 fully saturated rings. The van der Waals surface area contributed by atoms with Crippen molar-refractivity contribution >= 4 is 0 Å². The number of benzene rings is 1. The Morgan fingerprint density at radius 1 is 1.22 bits per heavy atom. The van der Waals surface area contributed by atoms with Crippen LogP contribution >= 0.6 is 0 Å². The second kappa shape index (κ2) is 5.16. The lowest BCUT2D eigenvalue weighted by atomic mass is 10.1. The summed E-state index contributed by atoms with van der Waals surface area (Å²) < 4.78 is 37.7. The molecule has 0 unspecified atom stereocenters. The Balaban J connectivity index is 2.15. The molecule has 1 aliphatic heterocycles. The molecular formula is C12H15F3N2O. The number of hydrogen-bond donors (Lipinski definition) is 2. The van der Waals surface area contributed by atoms with E-state index in [2.05, 4.69) is 5.32 Å². The highest BCUT2D eigenvalue weighted by atomic mass is 19.4. The van der Waals surface area contributed by atoms with Crippen LogP contribution in [-0.4, -0.2) is 36.2 Å². The topological polar surface area (TPSA) is 35.5 Å². The molecule has 0 atom stereocenters. The van der Waals surface area contributed by atoms with E-state index in [-0.39, 0.29) is 5.75 Å². The zero-order valence-electron chi connectivity index (χ0n) is 9.80. The number of hydrogen-bond acceptors (Lipinski definition) is 3. The number of piperazine rings is 1. The number of alkyl halides is 3. The van der Waals surface area contributed by atoms with Crippen LogP contribution in [0.5, 0.6) is 5.75 Å². The lowest BCUT2D eigenvalue weighted by molar-refractivity contribution is -0.137. The molecule has 2 rings (SSSR count). The van der Waals surface area contributed by atoms with Crippen LogP contribution in [0.25, 0.3) is 0 Å². The van der Waals surface area contributed by atoms with Crippen molar-refractivity contribution in [3.63, 3.8) is 0 Å². The Labute approximate surface area is 103 Å². The highest BCUT2D eigenvalue weighted by molar-refractivity contribution is 5.37. The predicted octanol–water partition coefficient (Wildman–Crippen LogP) is 1.82. The lowest BCUT2D eigenvalue weighted by Crippen LogP contribution is -2.42. The van der Waals surface area contributed by atoms with Crippen LogP contribution in [0.15, 0.2) is 18.2 Å². The van der Waals surface area contributed by atoms with Gasteiger partial charge in [0.15, 0.2) is 0 Å². The minimum absolute atomic E-state index is 0.0819. The number of phenols is 1. The first kappa shape index (κ1) is 13.2. The van der Waals surface area contributed by atoms with Crippen LogP contribution in [0.2, 0.25) is 0 Å². The first-order chi connectivity index (χ1) is 8.47. The van der Waals surface area contributed by atoms with Gasteiger partial charge in [-0.05, 0) is 18.2 Å². The molecule has 1 saturated heterocycles. The number of aromatic hydroxyl groups is 1. The van der Waals surface area contributed by atoms with E-state index in [1.165, 1.54) is 0 Å².